The van der Waals surface area contributed by atoms with Gasteiger partial charge in [0.2, 0.25) is 0 Å². The molecule has 0 bridgehead atoms. The number of rotatable bonds is 4. The lowest BCUT2D eigenvalue weighted by molar-refractivity contribution is 0.0735. The molecule has 0 saturated carbocycles. The van der Waals surface area contributed by atoms with Gasteiger partial charge in [-0.1, -0.05) is 0 Å². The van der Waals surface area contributed by atoms with Crippen LogP contribution in [-0.2, 0) is 19.5 Å². The SMILES string of the molecule is O=C(NCc1cc(F)ccc1F)c1cc2c(s1)CCN(C(=O)c1ccc(F)cc1)C2. The number of fused-ring (bicyclic) bond motifs is 1. The Labute approximate surface area is 174 Å². The second-order valence-electron chi connectivity index (χ2n) is 6.96. The van der Waals surface area contributed by atoms with Gasteiger partial charge in [0.15, 0.2) is 0 Å². The van der Waals surface area contributed by atoms with Crippen molar-refractivity contribution in [3.8, 4) is 0 Å². The highest BCUT2D eigenvalue weighted by atomic mass is 32.1. The van der Waals surface area contributed by atoms with Gasteiger partial charge in [-0.3, -0.25) is 9.59 Å². The van der Waals surface area contributed by atoms with Crippen LogP contribution in [0.4, 0.5) is 13.2 Å². The first-order valence-electron chi connectivity index (χ1n) is 9.29. The van der Waals surface area contributed by atoms with Crippen LogP contribution in [0.25, 0.3) is 0 Å². The third-order valence-electron chi connectivity index (χ3n) is 4.92. The van der Waals surface area contributed by atoms with Gasteiger partial charge in [-0.25, -0.2) is 13.2 Å². The molecule has 0 aliphatic carbocycles. The van der Waals surface area contributed by atoms with Gasteiger partial charge in [0.25, 0.3) is 11.8 Å². The van der Waals surface area contributed by atoms with Crippen molar-refractivity contribution in [2.24, 2.45) is 0 Å². The van der Waals surface area contributed by atoms with Gasteiger partial charge < -0.3 is 10.2 Å². The Balaban J connectivity index is 1.43. The Bertz CT molecular complexity index is 1110. The van der Waals surface area contributed by atoms with Crippen LogP contribution >= 0.6 is 11.3 Å². The number of nitrogens with one attached hydrogen (secondary N) is 1. The number of amides is 2. The molecule has 0 unspecified atom stereocenters. The normalized spacial score (nSPS) is 13.1. The molecule has 8 heteroatoms. The lowest BCUT2D eigenvalue weighted by Crippen LogP contribution is -2.35. The van der Waals surface area contributed by atoms with E-state index in [4.69, 9.17) is 0 Å². The summed E-state index contributed by atoms with van der Waals surface area (Å²) in [7, 11) is 0. The summed E-state index contributed by atoms with van der Waals surface area (Å²) < 4.78 is 40.1. The van der Waals surface area contributed by atoms with E-state index < -0.39 is 17.5 Å². The van der Waals surface area contributed by atoms with E-state index >= 15 is 0 Å². The highest BCUT2D eigenvalue weighted by Gasteiger charge is 2.25. The fraction of sp³-hybridized carbons (Fsp3) is 0.182. The molecule has 154 valence electrons. The predicted octanol–water partition coefficient (Wildman–Crippen LogP) is 4.29. The maximum absolute atomic E-state index is 13.7. The minimum absolute atomic E-state index is 0.0701. The first-order chi connectivity index (χ1) is 14.4. The second-order valence-corrected chi connectivity index (χ2v) is 8.10. The number of halogens is 3. The number of hydrogen-bond donors (Lipinski definition) is 1. The van der Waals surface area contributed by atoms with E-state index in [1.54, 1.807) is 11.0 Å². The molecule has 0 saturated heterocycles. The van der Waals surface area contributed by atoms with Crippen molar-refractivity contribution >= 4 is 23.2 Å². The molecular formula is C22H17F3N2O2S. The molecule has 0 spiro atoms. The van der Waals surface area contributed by atoms with Crippen LogP contribution in [0.15, 0.2) is 48.5 Å². The average molecular weight is 430 g/mol. The third kappa shape index (κ3) is 4.23. The maximum atomic E-state index is 13.7. The molecule has 0 fully saturated rings. The van der Waals surface area contributed by atoms with E-state index in [0.29, 0.717) is 30.0 Å². The number of benzene rings is 2. The molecule has 2 heterocycles. The van der Waals surface area contributed by atoms with E-state index in [1.165, 1.54) is 35.6 Å². The number of thiophene rings is 1. The standard InChI is InChI=1S/C22H17F3N2O2S/c23-16-3-1-13(2-4-16)22(29)27-8-7-19-15(12-27)10-20(30-19)21(28)26-11-14-9-17(24)5-6-18(14)25/h1-6,9-10H,7-8,11-12H2,(H,26,28). The molecule has 1 N–H and O–H groups in total. The van der Waals surface area contributed by atoms with Crippen molar-refractivity contribution in [1.82, 2.24) is 10.2 Å². The number of hydrogen-bond acceptors (Lipinski definition) is 3. The van der Waals surface area contributed by atoms with Gasteiger partial charge in [0.1, 0.15) is 17.5 Å². The molecule has 3 aromatic rings. The summed E-state index contributed by atoms with van der Waals surface area (Å²) in [6.07, 6.45) is 0.610. The fourth-order valence-corrected chi connectivity index (χ4v) is 4.41. The van der Waals surface area contributed by atoms with Gasteiger partial charge in [-0.2, -0.15) is 0 Å². The summed E-state index contributed by atoms with van der Waals surface area (Å²) in [6, 6.07) is 10.2. The Morgan fingerprint density at radius 1 is 1.00 bits per heavy atom. The summed E-state index contributed by atoms with van der Waals surface area (Å²) in [5.41, 5.74) is 1.36. The monoisotopic (exact) mass is 430 g/mol. The third-order valence-corrected chi connectivity index (χ3v) is 6.15. The highest BCUT2D eigenvalue weighted by Crippen LogP contribution is 2.29. The minimum Gasteiger partial charge on any atom is -0.347 e. The second kappa shape index (κ2) is 8.31. The van der Waals surface area contributed by atoms with Gasteiger partial charge in [0, 0.05) is 35.6 Å². The lowest BCUT2D eigenvalue weighted by atomic mass is 10.1. The van der Waals surface area contributed by atoms with Crippen LogP contribution < -0.4 is 5.32 Å². The number of carbonyl (C=O) groups excluding carboxylic acids is 2. The van der Waals surface area contributed by atoms with Crippen LogP contribution in [-0.4, -0.2) is 23.3 Å². The van der Waals surface area contributed by atoms with E-state index in [-0.39, 0.29) is 23.9 Å². The zero-order valence-corrected chi connectivity index (χ0v) is 16.6. The van der Waals surface area contributed by atoms with E-state index in [1.807, 2.05) is 0 Å². The number of carbonyl (C=O) groups is 2. The quantitative estimate of drug-likeness (QED) is 0.671. The molecule has 1 aliphatic heterocycles. The van der Waals surface area contributed by atoms with Crippen molar-refractivity contribution in [2.75, 3.05) is 6.54 Å². The summed E-state index contributed by atoms with van der Waals surface area (Å²) in [6.45, 7) is 0.729. The topological polar surface area (TPSA) is 49.4 Å². The molecular weight excluding hydrogens is 413 g/mol. The van der Waals surface area contributed by atoms with Crippen molar-refractivity contribution in [2.45, 2.75) is 19.5 Å². The Hall–Kier alpha value is -3.13. The van der Waals surface area contributed by atoms with Gasteiger partial charge >= 0.3 is 0 Å². The Kier molecular flexibility index (Phi) is 5.59. The van der Waals surface area contributed by atoms with Crippen LogP contribution in [0, 0.1) is 17.5 Å². The molecule has 0 radical (unpaired) electrons. The summed E-state index contributed by atoms with van der Waals surface area (Å²) in [5.74, 6) is -2.14. The Morgan fingerprint density at radius 2 is 1.73 bits per heavy atom. The van der Waals surface area contributed by atoms with E-state index in [9.17, 15) is 22.8 Å². The largest absolute Gasteiger partial charge is 0.347 e. The van der Waals surface area contributed by atoms with Crippen molar-refractivity contribution in [3.63, 3.8) is 0 Å². The predicted molar refractivity (Wildman–Crippen MR) is 107 cm³/mol. The molecule has 4 rings (SSSR count). The lowest BCUT2D eigenvalue weighted by Gasteiger charge is -2.27. The zero-order valence-electron chi connectivity index (χ0n) is 15.8. The highest BCUT2D eigenvalue weighted by molar-refractivity contribution is 7.14. The van der Waals surface area contributed by atoms with E-state index in [2.05, 4.69) is 5.32 Å². The van der Waals surface area contributed by atoms with E-state index in [0.717, 1.165) is 28.6 Å². The van der Waals surface area contributed by atoms with Crippen LogP contribution in [0.5, 0.6) is 0 Å². The summed E-state index contributed by atoms with van der Waals surface area (Å²) >= 11 is 1.33. The summed E-state index contributed by atoms with van der Waals surface area (Å²) in [4.78, 5) is 28.2. The first kappa shape index (κ1) is 20.2. The number of nitrogens with zero attached hydrogens (tertiary/aromatic N) is 1. The summed E-state index contributed by atoms with van der Waals surface area (Å²) in [5, 5.41) is 2.61. The van der Waals surface area contributed by atoms with Gasteiger partial charge in [-0.15, -0.1) is 11.3 Å². The minimum atomic E-state index is -0.586. The average Bonchev–Trinajstić information content (AvgIpc) is 3.17. The zero-order chi connectivity index (χ0) is 21.3. The van der Waals surface area contributed by atoms with Crippen molar-refractivity contribution < 1.29 is 22.8 Å². The van der Waals surface area contributed by atoms with Crippen molar-refractivity contribution in [3.05, 3.63) is 92.4 Å². The Morgan fingerprint density at radius 3 is 2.50 bits per heavy atom. The molecule has 30 heavy (non-hydrogen) atoms. The maximum Gasteiger partial charge on any atom is 0.261 e. The first-order valence-corrected chi connectivity index (χ1v) is 10.1. The van der Waals surface area contributed by atoms with Crippen LogP contribution in [0.1, 0.15) is 36.0 Å². The molecule has 1 aliphatic rings. The van der Waals surface area contributed by atoms with Crippen LogP contribution in [0.2, 0.25) is 0 Å². The molecule has 4 nitrogen and oxygen atoms in total. The van der Waals surface area contributed by atoms with Gasteiger partial charge in [-0.05, 0) is 60.5 Å². The molecule has 0 atom stereocenters. The molecule has 2 aromatic carbocycles. The molecule has 2 amide bonds. The smallest absolute Gasteiger partial charge is 0.261 e. The molecule has 1 aromatic heterocycles. The van der Waals surface area contributed by atoms with Crippen molar-refractivity contribution in [1.29, 1.82) is 0 Å². The fourth-order valence-electron chi connectivity index (χ4n) is 3.33. The van der Waals surface area contributed by atoms with Gasteiger partial charge in [0.05, 0.1) is 4.88 Å². The van der Waals surface area contributed by atoms with Crippen LogP contribution in [0.3, 0.4) is 0 Å².